The van der Waals surface area contributed by atoms with Gasteiger partial charge in [-0.1, -0.05) is 18.2 Å². The molecule has 1 atom stereocenters. The third-order valence-corrected chi connectivity index (χ3v) is 2.57. The maximum Gasteiger partial charge on any atom is 0.231 e. The smallest absolute Gasteiger partial charge is 0.231 e. The fourth-order valence-corrected chi connectivity index (χ4v) is 1.72. The Kier molecular flexibility index (Phi) is 3.25. The van der Waals surface area contributed by atoms with Gasteiger partial charge in [0, 0.05) is 5.69 Å². The Morgan fingerprint density at radius 1 is 1.38 bits per heavy atom. The van der Waals surface area contributed by atoms with Gasteiger partial charge in [0.25, 0.3) is 0 Å². The lowest BCUT2D eigenvalue weighted by molar-refractivity contribution is -0.119. The van der Waals surface area contributed by atoms with Crippen LogP contribution in [0.4, 0.5) is 5.69 Å². The first kappa shape index (κ1) is 10.7. The molecule has 1 aliphatic rings. The quantitative estimate of drug-likeness (QED) is 0.826. The fraction of sp³-hybridized carbons (Fsp3) is 0.308. The van der Waals surface area contributed by atoms with Gasteiger partial charge < -0.3 is 10.1 Å². The molecular formula is C13H15NO2. The largest absolute Gasteiger partial charge is 0.499 e. The summed E-state index contributed by atoms with van der Waals surface area (Å²) in [5.74, 6) is 0.794. The number of anilines is 1. The standard InChI is InChI=1S/C13H15NO2/c1-10-9-11(7-8-16-10)13(15)14-12-5-3-2-4-6-12/h2-6,9,11H,7-8H2,1H3,(H,14,15)/t11-/m0/s1. The number of ether oxygens (including phenoxy) is 1. The number of nitrogens with one attached hydrogen (secondary N) is 1. The summed E-state index contributed by atoms with van der Waals surface area (Å²) in [6.07, 6.45) is 2.62. The molecule has 84 valence electrons. The number of para-hydroxylation sites is 1. The van der Waals surface area contributed by atoms with Crippen LogP contribution in [0.1, 0.15) is 13.3 Å². The van der Waals surface area contributed by atoms with Gasteiger partial charge in [-0.15, -0.1) is 0 Å². The minimum Gasteiger partial charge on any atom is -0.499 e. The summed E-state index contributed by atoms with van der Waals surface area (Å²) in [4.78, 5) is 11.9. The van der Waals surface area contributed by atoms with Crippen molar-refractivity contribution in [2.24, 2.45) is 5.92 Å². The van der Waals surface area contributed by atoms with Crippen molar-refractivity contribution in [1.29, 1.82) is 0 Å². The molecule has 1 N–H and O–H groups in total. The molecule has 1 amide bonds. The van der Waals surface area contributed by atoms with Crippen molar-refractivity contribution in [3.63, 3.8) is 0 Å². The van der Waals surface area contributed by atoms with Crippen LogP contribution in [0.15, 0.2) is 42.2 Å². The Hall–Kier alpha value is -1.77. The molecule has 0 saturated heterocycles. The van der Waals surface area contributed by atoms with Crippen molar-refractivity contribution >= 4 is 11.6 Å². The minimum absolute atomic E-state index is 0.0360. The predicted molar refractivity (Wildman–Crippen MR) is 62.9 cm³/mol. The van der Waals surface area contributed by atoms with Crippen LogP contribution in [0, 0.1) is 5.92 Å². The molecule has 1 aromatic rings. The van der Waals surface area contributed by atoms with Crippen LogP contribution >= 0.6 is 0 Å². The summed E-state index contributed by atoms with van der Waals surface area (Å²) < 4.78 is 5.29. The van der Waals surface area contributed by atoms with Gasteiger partial charge in [0.15, 0.2) is 0 Å². The first-order valence-electron chi connectivity index (χ1n) is 5.43. The summed E-state index contributed by atoms with van der Waals surface area (Å²) in [6.45, 7) is 2.50. The molecule has 0 unspecified atom stereocenters. The molecule has 0 bridgehead atoms. The van der Waals surface area contributed by atoms with Crippen LogP contribution in [-0.2, 0) is 9.53 Å². The second-order valence-electron chi connectivity index (χ2n) is 3.88. The first-order chi connectivity index (χ1) is 7.75. The molecule has 0 radical (unpaired) electrons. The van der Waals surface area contributed by atoms with Crippen LogP contribution in [0.3, 0.4) is 0 Å². The van der Waals surface area contributed by atoms with Crippen LogP contribution in [0.5, 0.6) is 0 Å². The van der Waals surface area contributed by atoms with Crippen LogP contribution in [0.25, 0.3) is 0 Å². The van der Waals surface area contributed by atoms with Crippen molar-refractivity contribution < 1.29 is 9.53 Å². The maximum atomic E-state index is 11.9. The number of rotatable bonds is 2. The molecule has 1 heterocycles. The summed E-state index contributed by atoms with van der Waals surface area (Å²) >= 11 is 0. The highest BCUT2D eigenvalue weighted by Gasteiger charge is 2.19. The van der Waals surface area contributed by atoms with E-state index >= 15 is 0 Å². The van der Waals surface area contributed by atoms with Crippen molar-refractivity contribution in [2.45, 2.75) is 13.3 Å². The molecule has 0 aliphatic carbocycles. The first-order valence-corrected chi connectivity index (χ1v) is 5.43. The van der Waals surface area contributed by atoms with Gasteiger partial charge in [0.05, 0.1) is 18.3 Å². The monoisotopic (exact) mass is 217 g/mol. The molecular weight excluding hydrogens is 202 g/mol. The summed E-state index contributed by atoms with van der Waals surface area (Å²) in [7, 11) is 0. The van der Waals surface area contributed by atoms with E-state index in [4.69, 9.17) is 4.74 Å². The highest BCUT2D eigenvalue weighted by atomic mass is 16.5. The van der Waals surface area contributed by atoms with Crippen LogP contribution in [0.2, 0.25) is 0 Å². The molecule has 2 rings (SSSR count). The van der Waals surface area contributed by atoms with E-state index in [9.17, 15) is 4.79 Å². The van der Waals surface area contributed by atoms with E-state index in [0.29, 0.717) is 6.61 Å². The third-order valence-electron chi connectivity index (χ3n) is 2.57. The lowest BCUT2D eigenvalue weighted by Gasteiger charge is -2.19. The average molecular weight is 217 g/mol. The zero-order chi connectivity index (χ0) is 11.4. The van der Waals surface area contributed by atoms with Gasteiger partial charge >= 0.3 is 0 Å². The van der Waals surface area contributed by atoms with Gasteiger partial charge in [0.1, 0.15) is 0 Å². The van der Waals surface area contributed by atoms with E-state index < -0.39 is 0 Å². The number of carbonyl (C=O) groups excluding carboxylic acids is 1. The van der Waals surface area contributed by atoms with Gasteiger partial charge in [-0.25, -0.2) is 0 Å². The fourth-order valence-electron chi connectivity index (χ4n) is 1.72. The van der Waals surface area contributed by atoms with E-state index in [0.717, 1.165) is 17.9 Å². The van der Waals surface area contributed by atoms with E-state index in [-0.39, 0.29) is 11.8 Å². The molecule has 0 aromatic heterocycles. The normalized spacial score (nSPS) is 19.6. The molecule has 1 aliphatic heterocycles. The average Bonchev–Trinajstić information content (AvgIpc) is 2.30. The third kappa shape index (κ3) is 2.63. The summed E-state index contributed by atoms with van der Waals surface area (Å²) in [5, 5.41) is 2.89. The van der Waals surface area contributed by atoms with Crippen LogP contribution in [-0.4, -0.2) is 12.5 Å². The number of hydrogen-bond donors (Lipinski definition) is 1. The Labute approximate surface area is 95.1 Å². The van der Waals surface area contributed by atoms with E-state index in [1.165, 1.54) is 0 Å². The van der Waals surface area contributed by atoms with Crippen LogP contribution < -0.4 is 5.32 Å². The molecule has 3 heteroatoms. The van der Waals surface area contributed by atoms with Gasteiger partial charge in [-0.3, -0.25) is 4.79 Å². The summed E-state index contributed by atoms with van der Waals surface area (Å²) in [5.41, 5.74) is 0.838. The molecule has 16 heavy (non-hydrogen) atoms. The van der Waals surface area contributed by atoms with Crippen molar-refractivity contribution in [2.75, 3.05) is 11.9 Å². The van der Waals surface area contributed by atoms with Gasteiger partial charge in [-0.05, 0) is 31.6 Å². The van der Waals surface area contributed by atoms with Gasteiger partial charge in [0.2, 0.25) is 5.91 Å². The van der Waals surface area contributed by atoms with Crippen molar-refractivity contribution in [1.82, 2.24) is 0 Å². The highest BCUT2D eigenvalue weighted by Crippen LogP contribution is 2.18. The molecule has 0 saturated carbocycles. The van der Waals surface area contributed by atoms with E-state index in [1.54, 1.807) is 0 Å². The number of allylic oxidation sites excluding steroid dienone is 1. The topological polar surface area (TPSA) is 38.3 Å². The highest BCUT2D eigenvalue weighted by molar-refractivity contribution is 5.93. The zero-order valence-electron chi connectivity index (χ0n) is 9.27. The molecule has 0 fully saturated rings. The minimum atomic E-state index is -0.0750. The number of hydrogen-bond acceptors (Lipinski definition) is 2. The zero-order valence-corrected chi connectivity index (χ0v) is 9.27. The second-order valence-corrected chi connectivity index (χ2v) is 3.88. The Bertz CT molecular complexity index is 398. The summed E-state index contributed by atoms with van der Waals surface area (Å²) in [6, 6.07) is 9.50. The second kappa shape index (κ2) is 4.84. The van der Waals surface area contributed by atoms with Crippen molar-refractivity contribution in [3.8, 4) is 0 Å². The number of amides is 1. The molecule has 1 aromatic carbocycles. The molecule has 3 nitrogen and oxygen atoms in total. The van der Waals surface area contributed by atoms with Crippen molar-refractivity contribution in [3.05, 3.63) is 42.2 Å². The Morgan fingerprint density at radius 2 is 2.12 bits per heavy atom. The number of benzene rings is 1. The predicted octanol–water partition coefficient (Wildman–Crippen LogP) is 2.57. The number of carbonyl (C=O) groups is 1. The van der Waals surface area contributed by atoms with E-state index in [1.807, 2.05) is 43.3 Å². The van der Waals surface area contributed by atoms with Gasteiger partial charge in [-0.2, -0.15) is 0 Å². The maximum absolute atomic E-state index is 11.9. The lowest BCUT2D eigenvalue weighted by Crippen LogP contribution is -2.25. The molecule has 0 spiro atoms. The lowest BCUT2D eigenvalue weighted by atomic mass is 10.0. The Balaban J connectivity index is 2.01. The Morgan fingerprint density at radius 3 is 2.81 bits per heavy atom. The SMILES string of the molecule is CC1=C[C@@H](C(=O)Nc2ccccc2)CCO1. The van der Waals surface area contributed by atoms with E-state index in [2.05, 4.69) is 5.32 Å².